The summed E-state index contributed by atoms with van der Waals surface area (Å²) in [6.07, 6.45) is 6.74. The first-order valence-corrected chi connectivity index (χ1v) is 8.76. The van der Waals surface area contributed by atoms with Crippen molar-refractivity contribution in [3.05, 3.63) is 41.8 Å². The Labute approximate surface area is 146 Å². The Morgan fingerprint density at radius 2 is 2.00 bits per heavy atom. The summed E-state index contributed by atoms with van der Waals surface area (Å²) < 4.78 is 7.52. The number of aryl methyl sites for hydroxylation is 3. The Balaban J connectivity index is 1.70. The monoisotopic (exact) mass is 335 g/mol. The van der Waals surface area contributed by atoms with Crippen molar-refractivity contribution in [2.24, 2.45) is 5.92 Å². The summed E-state index contributed by atoms with van der Waals surface area (Å²) in [5.41, 5.74) is 6.49. The van der Waals surface area contributed by atoms with Gasteiger partial charge < -0.3 is 19.7 Å². The van der Waals surface area contributed by atoms with Crippen LogP contribution in [0.25, 0.3) is 16.8 Å². The van der Waals surface area contributed by atoms with Gasteiger partial charge in [0.1, 0.15) is 11.6 Å². The van der Waals surface area contributed by atoms with E-state index in [1.54, 1.807) is 0 Å². The molecule has 1 fully saturated rings. The highest BCUT2D eigenvalue weighted by atomic mass is 16.5. The molecule has 0 bridgehead atoms. The number of aromatic nitrogens is 3. The molecule has 128 valence electrons. The maximum Gasteiger partial charge on any atom is 0.141 e. The van der Waals surface area contributed by atoms with Crippen molar-refractivity contribution in [3.8, 4) is 16.8 Å². The van der Waals surface area contributed by atoms with Gasteiger partial charge in [-0.1, -0.05) is 5.16 Å². The summed E-state index contributed by atoms with van der Waals surface area (Å²) in [7, 11) is 0. The van der Waals surface area contributed by atoms with E-state index >= 15 is 0 Å². The number of nitrogens with one attached hydrogen (secondary N) is 2. The van der Waals surface area contributed by atoms with E-state index in [1.165, 1.54) is 12.8 Å². The predicted molar refractivity (Wildman–Crippen MR) is 97.0 cm³/mol. The van der Waals surface area contributed by atoms with E-state index in [-0.39, 0.29) is 0 Å². The second-order valence-corrected chi connectivity index (χ2v) is 7.07. The summed E-state index contributed by atoms with van der Waals surface area (Å²) in [5.74, 6) is 2.52. The van der Waals surface area contributed by atoms with Gasteiger partial charge in [-0.25, -0.2) is 4.98 Å². The van der Waals surface area contributed by atoms with E-state index in [1.807, 2.05) is 33.2 Å². The first-order chi connectivity index (χ1) is 12.1. The van der Waals surface area contributed by atoms with Gasteiger partial charge in [0, 0.05) is 18.0 Å². The van der Waals surface area contributed by atoms with Crippen LogP contribution >= 0.6 is 0 Å². The van der Waals surface area contributed by atoms with Gasteiger partial charge in [-0.15, -0.1) is 0 Å². The van der Waals surface area contributed by atoms with Crippen molar-refractivity contribution >= 4 is 11.4 Å². The lowest BCUT2D eigenvalue weighted by Crippen LogP contribution is -2.24. The molecule has 0 saturated heterocycles. The zero-order chi connectivity index (χ0) is 17.1. The maximum atomic E-state index is 5.39. The number of hydrogen-bond donors (Lipinski definition) is 2. The molecular formula is C19H21N5O. The molecule has 1 atom stereocenters. The molecule has 1 aliphatic carbocycles. The summed E-state index contributed by atoms with van der Waals surface area (Å²) >= 11 is 0. The van der Waals surface area contributed by atoms with Gasteiger partial charge in [0.05, 0.1) is 28.9 Å². The van der Waals surface area contributed by atoms with Crippen LogP contribution in [0, 0.1) is 26.7 Å². The lowest BCUT2D eigenvalue weighted by atomic mass is 10.0. The topological polar surface area (TPSA) is 67.9 Å². The molecule has 3 heterocycles. The highest BCUT2D eigenvalue weighted by Crippen LogP contribution is 2.45. The number of rotatable bonds is 3. The molecular weight excluding hydrogens is 314 g/mol. The highest BCUT2D eigenvalue weighted by Gasteiger charge is 2.36. The Bertz CT molecular complexity index is 947. The molecule has 0 radical (unpaired) electrons. The van der Waals surface area contributed by atoms with Crippen LogP contribution in [0.2, 0.25) is 0 Å². The molecule has 2 aliphatic rings. The average Bonchev–Trinajstić information content (AvgIpc) is 3.07. The number of nitrogens with zero attached hydrogens (tertiary/aromatic N) is 3. The van der Waals surface area contributed by atoms with Crippen LogP contribution in [-0.2, 0) is 0 Å². The van der Waals surface area contributed by atoms with Gasteiger partial charge in [0.2, 0.25) is 0 Å². The molecule has 25 heavy (non-hydrogen) atoms. The zero-order valence-corrected chi connectivity index (χ0v) is 14.6. The van der Waals surface area contributed by atoms with Crippen LogP contribution in [0.4, 0.5) is 11.4 Å². The van der Waals surface area contributed by atoms with Crippen molar-refractivity contribution in [1.82, 2.24) is 14.7 Å². The fourth-order valence-electron chi connectivity index (χ4n) is 3.78. The fraction of sp³-hybridized carbons (Fsp3) is 0.368. The third kappa shape index (κ3) is 2.24. The van der Waals surface area contributed by atoms with Crippen LogP contribution in [0.1, 0.15) is 30.1 Å². The molecule has 2 N–H and O–H groups in total. The molecule has 6 heteroatoms. The molecule has 0 spiro atoms. The SMILES string of the molecule is Cc1noc(C)c1-c1cc2c(c(-n3ccnc3C)c1)NC(C1CC1)N2. The van der Waals surface area contributed by atoms with Crippen molar-refractivity contribution in [1.29, 1.82) is 0 Å². The van der Waals surface area contributed by atoms with E-state index in [0.29, 0.717) is 12.1 Å². The highest BCUT2D eigenvalue weighted by molar-refractivity contribution is 5.88. The minimum Gasteiger partial charge on any atom is -0.363 e. The Morgan fingerprint density at radius 1 is 1.16 bits per heavy atom. The molecule has 1 aromatic carbocycles. The molecule has 6 nitrogen and oxygen atoms in total. The second-order valence-electron chi connectivity index (χ2n) is 7.07. The maximum absolute atomic E-state index is 5.39. The van der Waals surface area contributed by atoms with Crippen molar-refractivity contribution < 1.29 is 4.52 Å². The summed E-state index contributed by atoms with van der Waals surface area (Å²) in [6.45, 7) is 5.97. The molecule has 1 unspecified atom stereocenters. The minimum absolute atomic E-state index is 0.317. The zero-order valence-electron chi connectivity index (χ0n) is 14.6. The van der Waals surface area contributed by atoms with E-state index in [4.69, 9.17) is 4.52 Å². The molecule has 3 aromatic rings. The summed E-state index contributed by atoms with van der Waals surface area (Å²) in [6, 6.07) is 4.40. The summed E-state index contributed by atoms with van der Waals surface area (Å²) in [4.78, 5) is 4.40. The number of hydrogen-bond acceptors (Lipinski definition) is 5. The fourth-order valence-corrected chi connectivity index (χ4v) is 3.78. The van der Waals surface area contributed by atoms with E-state index in [9.17, 15) is 0 Å². The molecule has 1 aliphatic heterocycles. The van der Waals surface area contributed by atoms with Crippen LogP contribution in [0.5, 0.6) is 0 Å². The molecule has 2 aromatic heterocycles. The van der Waals surface area contributed by atoms with E-state index in [2.05, 4.69) is 37.5 Å². The van der Waals surface area contributed by atoms with Crippen molar-refractivity contribution in [2.45, 2.75) is 39.8 Å². The van der Waals surface area contributed by atoms with Gasteiger partial charge in [-0.05, 0) is 57.2 Å². The number of imidazole rings is 1. The lowest BCUT2D eigenvalue weighted by molar-refractivity contribution is 0.393. The standard InChI is InChI=1S/C19H21N5O/c1-10-17(11(2)25-23-10)14-8-15-18(22-19(21-15)13-4-5-13)16(9-14)24-7-6-20-12(24)3/h6-9,13,19,21-22H,4-5H2,1-3H3. The Morgan fingerprint density at radius 3 is 2.64 bits per heavy atom. The largest absolute Gasteiger partial charge is 0.363 e. The normalized spacial score (nSPS) is 18.8. The predicted octanol–water partition coefficient (Wildman–Crippen LogP) is 4.03. The first kappa shape index (κ1) is 14.6. The first-order valence-electron chi connectivity index (χ1n) is 8.76. The van der Waals surface area contributed by atoms with E-state index in [0.717, 1.165) is 45.5 Å². The number of anilines is 2. The van der Waals surface area contributed by atoms with Crippen LogP contribution < -0.4 is 10.6 Å². The lowest BCUT2D eigenvalue weighted by Gasteiger charge is -2.14. The minimum atomic E-state index is 0.317. The molecule has 1 saturated carbocycles. The van der Waals surface area contributed by atoms with Gasteiger partial charge in [-0.3, -0.25) is 0 Å². The number of fused-ring (bicyclic) bond motifs is 1. The third-order valence-electron chi connectivity index (χ3n) is 5.23. The summed E-state index contributed by atoms with van der Waals surface area (Å²) in [5, 5.41) is 11.5. The van der Waals surface area contributed by atoms with Crippen LogP contribution in [0.15, 0.2) is 29.0 Å². The smallest absolute Gasteiger partial charge is 0.141 e. The number of benzene rings is 1. The molecule has 5 rings (SSSR count). The average molecular weight is 335 g/mol. The van der Waals surface area contributed by atoms with Crippen molar-refractivity contribution in [3.63, 3.8) is 0 Å². The van der Waals surface area contributed by atoms with Gasteiger partial charge in [-0.2, -0.15) is 0 Å². The van der Waals surface area contributed by atoms with Crippen molar-refractivity contribution in [2.75, 3.05) is 10.6 Å². The van der Waals surface area contributed by atoms with Gasteiger partial charge >= 0.3 is 0 Å². The molecule has 0 amide bonds. The quantitative estimate of drug-likeness (QED) is 0.756. The van der Waals surface area contributed by atoms with Gasteiger partial charge in [0.15, 0.2) is 0 Å². The van der Waals surface area contributed by atoms with Gasteiger partial charge in [0.25, 0.3) is 0 Å². The Kier molecular flexibility index (Phi) is 2.98. The van der Waals surface area contributed by atoms with Crippen LogP contribution in [-0.4, -0.2) is 20.9 Å². The Hall–Kier alpha value is -2.76. The van der Waals surface area contributed by atoms with Crippen LogP contribution in [0.3, 0.4) is 0 Å². The van der Waals surface area contributed by atoms with E-state index < -0.39 is 0 Å². The second kappa shape index (κ2) is 5.12. The third-order valence-corrected chi connectivity index (χ3v) is 5.23.